The fourth-order valence-electron chi connectivity index (χ4n) is 19.8. The van der Waals surface area contributed by atoms with E-state index in [4.69, 9.17) is 16.6 Å². The second kappa shape index (κ2) is 50.6. The topological polar surface area (TPSA) is 530 Å². The number of benzene rings is 7. The number of carboxylic acids is 1. The summed E-state index contributed by atoms with van der Waals surface area (Å²) in [5.41, 5.74) is 7.25. The summed E-state index contributed by atoms with van der Waals surface area (Å²) in [6.45, 7) is 7.25. The summed E-state index contributed by atoms with van der Waals surface area (Å²) in [4.78, 5) is 54.0. The van der Waals surface area contributed by atoms with Crippen LogP contribution >= 0.6 is 24.0 Å². The van der Waals surface area contributed by atoms with Gasteiger partial charge in [0, 0.05) is 70.8 Å². The molecule has 8 aliphatic heterocycles. The maximum atomic E-state index is 12.8. The summed E-state index contributed by atoms with van der Waals surface area (Å²) < 4.78 is 197. The number of nitrogens with one attached hydrogen (secondary N) is 4. The zero-order chi connectivity index (χ0) is 107. The molecule has 40 nitrogen and oxygen atoms in total. The highest BCUT2D eigenvalue weighted by atomic mass is 32.2. The lowest BCUT2D eigenvalue weighted by Crippen LogP contribution is -2.43. The van der Waals surface area contributed by atoms with E-state index in [1.807, 2.05) is 177 Å². The van der Waals surface area contributed by atoms with E-state index >= 15 is 0 Å². The minimum Gasteiger partial charge on any atom is -0.504 e. The molecular formula is C101H122N20O20S9. The fraction of sp³-hybridized carbons (Fsp3) is 0.396. The predicted octanol–water partition coefficient (Wildman–Crippen LogP) is 13.7. The van der Waals surface area contributed by atoms with Crippen molar-refractivity contribution in [3.05, 3.63) is 339 Å². The van der Waals surface area contributed by atoms with E-state index < -0.39 is 87.4 Å². The van der Waals surface area contributed by atoms with Crippen molar-refractivity contribution in [1.82, 2.24) is 95.0 Å². The summed E-state index contributed by atoms with van der Waals surface area (Å²) >= 11 is 6.18. The van der Waals surface area contributed by atoms with Gasteiger partial charge < -0.3 is 24.2 Å². The number of imidazole rings is 2. The Labute approximate surface area is 883 Å². The van der Waals surface area contributed by atoms with Gasteiger partial charge in [0.05, 0.1) is 112 Å². The number of carboxylic acid groups (broad SMARTS) is 1. The van der Waals surface area contributed by atoms with E-state index in [1.165, 1.54) is 48.6 Å². The predicted molar refractivity (Wildman–Crippen MR) is 566 cm³/mol. The number of aromatic carboxylic acids is 1. The summed E-state index contributed by atoms with van der Waals surface area (Å²) in [5.74, 6) is 1.38. The Bertz CT molecular complexity index is 7600. The van der Waals surface area contributed by atoms with Crippen molar-refractivity contribution in [3.63, 3.8) is 0 Å². The smallest absolute Gasteiger partial charge is 0.356 e. The van der Waals surface area contributed by atoms with Gasteiger partial charge in [-0.2, -0.15) is 45.4 Å². The zero-order valence-corrected chi connectivity index (χ0v) is 90.2. The molecule has 7 aromatic carbocycles. The van der Waals surface area contributed by atoms with Crippen molar-refractivity contribution in [1.29, 1.82) is 0 Å². The van der Waals surface area contributed by atoms with Crippen LogP contribution in [-0.4, -0.2) is 238 Å². The molecule has 0 radical (unpaired) electrons. The quantitative estimate of drug-likeness (QED) is 0.0187. The van der Waals surface area contributed by atoms with Gasteiger partial charge in [0.25, 0.3) is 0 Å². The van der Waals surface area contributed by atoms with Crippen molar-refractivity contribution in [2.45, 2.75) is 198 Å². The number of aryl methyl sites for hydroxylation is 2. The highest BCUT2D eigenvalue weighted by molar-refractivity contribution is 8.15. The standard InChI is InChI=1S/C16H21N3O2S.C15H17N3O4S.C15H17NO4S2.C15H17NO4S.C14H18N4O2S.C13H16N4O2S2.C13H16N4O2S/c1-13-11-17-16(18(13)2)15-9-6-10-19(15)22(20,21)12-14-7-4-3-5-8-14;19-15(20)14-13(16-10-17-14)12-7-4-8-18(12)23(21,22)9-11-5-2-1-3-6-11;17-13-9-14(18)21-15(13)12-7-4-8-16(12)22(19,20)10-11-5-2-1-3-6-11;17-15-10-20-9-13(15)14-7-4-8-16(14)21(18,19)11-12-5-2-1-3-6-12;1-11-15-14(17-16-11)13-8-5-9-18(13)21(19,20)10-12-6-3-2-4-7-12;18-21(19,10-11-5-2-1-3-6-11)16-8-4-7-12(16)17-13(20)9-14-15-17;18-20(19,9-11-5-2-1-3-6-11)17-8-4-7-12(17)13-14-10-15-16-13/h3-5,7-8,11,15H,6,9-10,12H2,1-2H3;1-3,5-6,10,12H,4,7-9H2,(H,16,17)(H,19,20);1-3,5-6,12,15H,4,7-10H2;1-3,5-6,9-10,14,17H,4,7-8,11H2;2-4,6-7,13H,5,8-10H2,1H3,(H,15,16,17);1-3,5-6,9,12,15H,4,7-8,10H2;1-3,5-6,10,12H,4,7-9H2,(H,14,15,16). The van der Waals surface area contributed by atoms with Crippen LogP contribution in [0, 0.1) is 18.5 Å². The number of carbonyl (C=O) groups is 3. The number of aromatic amines is 4. The molecule has 6 aromatic heterocycles. The van der Waals surface area contributed by atoms with Crippen LogP contribution in [0.4, 0.5) is 0 Å². The Balaban J connectivity index is 0.000000131. The lowest BCUT2D eigenvalue weighted by Gasteiger charge is -2.27. The average Bonchev–Trinajstić information content (AvgIpc) is 1.62. The van der Waals surface area contributed by atoms with Gasteiger partial charge in [-0.05, 0) is 143 Å². The van der Waals surface area contributed by atoms with E-state index in [2.05, 4.69) is 55.6 Å². The first-order valence-corrected chi connectivity index (χ1v) is 61.7. The van der Waals surface area contributed by atoms with Gasteiger partial charge in [0.15, 0.2) is 28.2 Å². The van der Waals surface area contributed by atoms with Gasteiger partial charge in [-0.15, -0.1) is 0 Å². The summed E-state index contributed by atoms with van der Waals surface area (Å²) in [6, 6.07) is 62.3. The summed E-state index contributed by atoms with van der Waals surface area (Å²) in [5, 5.41) is 38.4. The van der Waals surface area contributed by atoms with Crippen LogP contribution in [0.3, 0.4) is 0 Å². The maximum absolute atomic E-state index is 12.8. The lowest BCUT2D eigenvalue weighted by molar-refractivity contribution is -0.121. The largest absolute Gasteiger partial charge is 0.504 e. The first-order chi connectivity index (χ1) is 71.8. The number of Topliss-reactive ketones (excluding diaryl/α,β-unsaturated/α-hetero) is 1. The number of carbonyl (C=O) groups excluding carboxylic acids is 2. The Morgan fingerprint density at radius 2 is 0.820 bits per heavy atom. The molecule has 0 spiro atoms. The number of H-pyrrole nitrogens is 4. The first-order valence-electron chi connectivity index (χ1n) is 49.2. The number of sulfonamides is 7. The van der Waals surface area contributed by atoms with Crippen LogP contribution in [0.15, 0.2) is 254 Å². The first kappa shape index (κ1) is 112. The summed E-state index contributed by atoms with van der Waals surface area (Å²) in [6.07, 6.45) is 18.9. The highest BCUT2D eigenvalue weighted by Crippen LogP contribution is 2.44. The second-order valence-electron chi connectivity index (χ2n) is 37.4. The number of nitrogens with zero attached hydrogens (tertiary/aromatic N) is 16. The maximum Gasteiger partial charge on any atom is 0.356 e. The van der Waals surface area contributed by atoms with Crippen molar-refractivity contribution in [2.24, 2.45) is 7.05 Å². The van der Waals surface area contributed by atoms with Crippen LogP contribution in [0.25, 0.3) is 0 Å². The van der Waals surface area contributed by atoms with Crippen molar-refractivity contribution in [3.8, 4) is 5.75 Å². The van der Waals surface area contributed by atoms with E-state index in [-0.39, 0.29) is 105 Å². The van der Waals surface area contributed by atoms with Crippen LogP contribution in [0.1, 0.15) is 222 Å². The minimum absolute atomic E-state index is 0.00575. The third-order valence-electron chi connectivity index (χ3n) is 26.9. The Morgan fingerprint density at radius 1 is 0.440 bits per heavy atom. The fourth-order valence-corrected chi connectivity index (χ4v) is 33.7. The van der Waals surface area contributed by atoms with E-state index in [9.17, 15) is 83.5 Å². The molecule has 49 heteroatoms. The third kappa shape index (κ3) is 28.8. The molecule has 0 bridgehead atoms. The molecule has 21 rings (SSSR count). The molecule has 150 heavy (non-hydrogen) atoms. The van der Waals surface area contributed by atoms with Crippen LogP contribution in [0.2, 0.25) is 0 Å². The second-order valence-corrected chi connectivity index (χ2v) is 52.4. The van der Waals surface area contributed by atoms with Crippen molar-refractivity contribution >= 4 is 111 Å². The normalized spacial score (nSPS) is 20.8. The van der Waals surface area contributed by atoms with Crippen LogP contribution in [0.5, 0.6) is 5.75 Å². The Morgan fingerprint density at radius 3 is 1.21 bits per heavy atom. The van der Waals surface area contributed by atoms with E-state index in [0.29, 0.717) is 110 Å². The number of aromatic hydroxyl groups is 1. The number of aromatic nitrogens is 13. The molecule has 0 saturated carbocycles. The Kier molecular flexibility index (Phi) is 37.9. The van der Waals surface area contributed by atoms with Crippen molar-refractivity contribution in [2.75, 3.05) is 45.8 Å². The molecule has 800 valence electrons. The summed E-state index contributed by atoms with van der Waals surface area (Å²) in [7, 11) is -21.9. The molecule has 0 amide bonds. The number of rotatable bonds is 29. The molecule has 14 heterocycles. The van der Waals surface area contributed by atoms with Crippen LogP contribution < -0.4 is 0 Å². The third-order valence-corrected chi connectivity index (χ3v) is 41.3. The number of furan rings is 1. The zero-order valence-electron chi connectivity index (χ0n) is 82.9. The molecule has 8 saturated heterocycles. The molecular weight excluding hydrogens is 2100 g/mol. The molecule has 6 N–H and O–H groups in total. The molecule has 8 unspecified atom stereocenters. The van der Waals surface area contributed by atoms with Gasteiger partial charge in [0.2, 0.25) is 70.2 Å². The monoisotopic (exact) mass is 2220 g/mol. The highest BCUT2D eigenvalue weighted by Gasteiger charge is 2.48. The lowest BCUT2D eigenvalue weighted by atomic mass is 10.1. The van der Waals surface area contributed by atoms with Gasteiger partial charge in [-0.1, -0.05) is 236 Å². The van der Waals surface area contributed by atoms with Gasteiger partial charge in [-0.3, -0.25) is 19.8 Å². The van der Waals surface area contributed by atoms with Gasteiger partial charge in [0.1, 0.15) is 40.9 Å². The Hall–Kier alpha value is -11.8. The number of hydrogen-bond donors (Lipinski definition) is 6. The van der Waals surface area contributed by atoms with Gasteiger partial charge in [-0.25, -0.2) is 93.6 Å². The average molecular weight is 2220 g/mol. The number of thioether (sulfide) groups is 1. The SMILES string of the molecule is Cc1cnc(C2CCCN2S(=O)(=O)Cc2ccccc2)n1C.Cc1nc(C2CCCN2S(=O)(=O)Cc2ccccc2)n[nH]1.O=C(O)c1nc[nH]c1C1CCCN1S(=O)(=O)Cc1ccccc1.O=C1CC(=O)C(C2CCCN2S(=O)(=O)Cc2ccccc2)S1.O=S(=O)(Cc1ccccc1)N1CCCC1c1cocc1O.O=S(=O)(Cc1ccccc1)N1CCCC1c1ncn[nH]1.O=S(=O)(Cc1ccccc1)N1CCCC1n1[nH]ncc1=S. The van der Waals surface area contributed by atoms with Gasteiger partial charge >= 0.3 is 5.97 Å². The van der Waals surface area contributed by atoms with Crippen molar-refractivity contribution < 1.29 is 87.9 Å². The van der Waals surface area contributed by atoms with E-state index in [1.54, 1.807) is 84.5 Å². The van der Waals surface area contributed by atoms with E-state index in [0.717, 1.165) is 121 Å². The minimum atomic E-state index is -3.54. The molecule has 8 aliphatic rings. The number of hydrogen-bond acceptors (Lipinski definition) is 28. The molecule has 8 fully saturated rings. The molecule has 13 aromatic rings. The van der Waals surface area contributed by atoms with Crippen LogP contribution in [-0.2, 0) is 127 Å². The molecule has 0 aliphatic carbocycles. The molecule has 8 atom stereocenters. The number of ketones is 1.